The van der Waals surface area contributed by atoms with E-state index in [9.17, 15) is 0 Å². The van der Waals surface area contributed by atoms with Crippen molar-refractivity contribution in [1.82, 2.24) is 0 Å². The number of thiophene rings is 1. The number of para-hydroxylation sites is 1. The van der Waals surface area contributed by atoms with Gasteiger partial charge in [-0.25, -0.2) is 0 Å². The van der Waals surface area contributed by atoms with Crippen molar-refractivity contribution >= 4 is 77.7 Å². The molecule has 0 amide bonds. The number of hydrogen-bond donors (Lipinski definition) is 0. The van der Waals surface area contributed by atoms with Gasteiger partial charge in [0.05, 0.1) is 5.69 Å². The summed E-state index contributed by atoms with van der Waals surface area (Å²) in [6.45, 7) is 6.83. The predicted octanol–water partition coefficient (Wildman–Crippen LogP) is 13.4. The molecule has 0 radical (unpaired) electrons. The zero-order valence-corrected chi connectivity index (χ0v) is 32.8. The maximum Gasteiger partial charge on any atom is 0.334 e. The van der Waals surface area contributed by atoms with Crippen LogP contribution in [0.4, 0.5) is 28.4 Å². The zero-order valence-electron chi connectivity index (χ0n) is 32.0. The summed E-state index contributed by atoms with van der Waals surface area (Å²) in [5, 5.41) is 2.67. The van der Waals surface area contributed by atoms with Gasteiger partial charge in [0.1, 0.15) is 0 Å². The smallest absolute Gasteiger partial charge is 0.334 e. The SMILES string of the molecule is CCCCc1ccc(N2B3c4c(cc(C)cc4N(c4ccccc4-c4ccccc4)c4ccc5c(sc6ccccc65)c43)-c3cc(CCCC)ccc32)cc1. The average Bonchev–Trinajstić information content (AvgIpc) is 3.61. The van der Waals surface area contributed by atoms with Gasteiger partial charge in [-0.05, 0) is 120 Å². The first kappa shape index (κ1) is 34.0. The topological polar surface area (TPSA) is 6.48 Å². The van der Waals surface area contributed by atoms with Gasteiger partial charge in [0, 0.05) is 54.0 Å². The van der Waals surface area contributed by atoms with E-state index < -0.39 is 0 Å². The normalized spacial score (nSPS) is 13.0. The fourth-order valence-corrected chi connectivity index (χ4v) is 10.5. The van der Waals surface area contributed by atoms with E-state index in [0.717, 1.165) is 12.8 Å². The molecule has 0 aliphatic carbocycles. The largest absolute Gasteiger partial charge is 0.376 e. The van der Waals surface area contributed by atoms with E-state index in [4.69, 9.17) is 0 Å². The molecule has 2 aliphatic rings. The lowest BCUT2D eigenvalue weighted by Gasteiger charge is -2.46. The number of unbranched alkanes of at least 4 members (excludes halogenated alkanes) is 2. The number of aryl methyl sites for hydroxylation is 3. The van der Waals surface area contributed by atoms with Crippen LogP contribution in [0.5, 0.6) is 0 Å². The molecule has 0 N–H and O–H groups in total. The van der Waals surface area contributed by atoms with Gasteiger partial charge in [-0.15, -0.1) is 11.3 Å². The molecule has 8 aromatic rings. The first-order chi connectivity index (χ1) is 27.1. The van der Waals surface area contributed by atoms with Gasteiger partial charge in [-0.2, -0.15) is 0 Å². The van der Waals surface area contributed by atoms with Gasteiger partial charge in [-0.3, -0.25) is 0 Å². The van der Waals surface area contributed by atoms with E-state index in [2.05, 4.69) is 176 Å². The summed E-state index contributed by atoms with van der Waals surface area (Å²) in [5.41, 5.74) is 18.3. The predicted molar refractivity (Wildman–Crippen MR) is 240 cm³/mol. The molecule has 55 heavy (non-hydrogen) atoms. The average molecular weight is 729 g/mol. The van der Waals surface area contributed by atoms with Crippen LogP contribution in [0, 0.1) is 6.92 Å². The van der Waals surface area contributed by atoms with Crippen molar-refractivity contribution in [3.63, 3.8) is 0 Å². The van der Waals surface area contributed by atoms with Crippen LogP contribution in [0.15, 0.2) is 146 Å². The second-order valence-corrected chi connectivity index (χ2v) is 16.5. The summed E-state index contributed by atoms with van der Waals surface area (Å²) in [6.07, 6.45) is 7.00. The molecule has 2 aliphatic heterocycles. The number of hydrogen-bond acceptors (Lipinski definition) is 3. The summed E-state index contributed by atoms with van der Waals surface area (Å²) in [4.78, 5) is 5.29. The van der Waals surface area contributed by atoms with E-state index in [1.807, 2.05) is 11.3 Å². The lowest BCUT2D eigenvalue weighted by molar-refractivity contribution is 0.795. The van der Waals surface area contributed by atoms with Crippen molar-refractivity contribution in [1.29, 1.82) is 0 Å². The van der Waals surface area contributed by atoms with Gasteiger partial charge < -0.3 is 9.71 Å². The maximum absolute atomic E-state index is 2.69. The Bertz CT molecular complexity index is 2710. The Hall–Kier alpha value is -5.58. The number of rotatable bonds is 9. The van der Waals surface area contributed by atoms with Crippen molar-refractivity contribution in [3.8, 4) is 22.3 Å². The summed E-state index contributed by atoms with van der Waals surface area (Å²) in [6, 6.07) is 55.4. The van der Waals surface area contributed by atoms with Gasteiger partial charge in [-0.1, -0.05) is 124 Å². The van der Waals surface area contributed by atoms with Crippen LogP contribution in [0.2, 0.25) is 0 Å². The molecule has 1 aromatic heterocycles. The molecule has 0 saturated heterocycles. The highest BCUT2D eigenvalue weighted by molar-refractivity contribution is 7.27. The molecule has 0 atom stereocenters. The Kier molecular flexibility index (Phi) is 8.60. The molecule has 0 saturated carbocycles. The Morgan fingerprint density at radius 2 is 1.24 bits per heavy atom. The summed E-state index contributed by atoms with van der Waals surface area (Å²) < 4.78 is 2.70. The van der Waals surface area contributed by atoms with Crippen LogP contribution < -0.4 is 20.6 Å². The summed E-state index contributed by atoms with van der Waals surface area (Å²) in [5.74, 6) is 0. The minimum atomic E-state index is -0.0204. The van der Waals surface area contributed by atoms with Gasteiger partial charge in [0.15, 0.2) is 0 Å². The molecule has 0 unspecified atom stereocenters. The van der Waals surface area contributed by atoms with E-state index in [-0.39, 0.29) is 6.85 Å². The number of fused-ring (bicyclic) bond motifs is 8. The summed E-state index contributed by atoms with van der Waals surface area (Å²) >= 11 is 1.95. The van der Waals surface area contributed by atoms with Crippen LogP contribution in [-0.2, 0) is 12.8 Å². The van der Waals surface area contributed by atoms with Gasteiger partial charge in [0.25, 0.3) is 0 Å². The van der Waals surface area contributed by atoms with E-state index in [0.29, 0.717) is 0 Å². The highest BCUT2D eigenvalue weighted by atomic mass is 32.1. The summed E-state index contributed by atoms with van der Waals surface area (Å²) in [7, 11) is 0. The lowest BCUT2D eigenvalue weighted by atomic mass is 9.43. The van der Waals surface area contributed by atoms with E-state index in [1.54, 1.807) is 0 Å². The Labute approximate surface area is 329 Å². The molecule has 2 nitrogen and oxygen atoms in total. The van der Waals surface area contributed by atoms with Crippen LogP contribution in [0.25, 0.3) is 42.4 Å². The molecule has 0 spiro atoms. The number of anilines is 5. The minimum Gasteiger partial charge on any atom is -0.376 e. The maximum atomic E-state index is 2.69. The third kappa shape index (κ3) is 5.61. The third-order valence-electron chi connectivity index (χ3n) is 11.8. The molecular formula is C51H45BN2S. The van der Waals surface area contributed by atoms with Crippen molar-refractivity contribution < 1.29 is 0 Å². The quantitative estimate of drug-likeness (QED) is 0.137. The van der Waals surface area contributed by atoms with Crippen molar-refractivity contribution in [2.24, 2.45) is 0 Å². The van der Waals surface area contributed by atoms with Crippen LogP contribution >= 0.6 is 11.3 Å². The van der Waals surface area contributed by atoms with Crippen molar-refractivity contribution in [2.45, 2.75) is 59.3 Å². The van der Waals surface area contributed by atoms with E-state index in [1.165, 1.54) is 124 Å². The van der Waals surface area contributed by atoms with Crippen LogP contribution in [-0.4, -0.2) is 6.85 Å². The highest BCUT2D eigenvalue weighted by Crippen LogP contribution is 2.50. The number of nitrogens with zero attached hydrogens (tertiary/aromatic N) is 2. The fourth-order valence-electron chi connectivity index (χ4n) is 9.23. The van der Waals surface area contributed by atoms with Crippen molar-refractivity contribution in [2.75, 3.05) is 9.71 Å². The standard InChI is InChI=1S/C51H45BN2S/c1-4-6-15-35-23-26-38(27-24-35)54-45-29-25-36(16-7-5-2)33-42(45)43-31-34(3)32-47-49(43)52(54)50-46(30-28-41-40-20-12-14-22-48(40)55-51(41)50)53(47)44-21-13-11-19-39(44)37-17-9-8-10-18-37/h8-14,17-33H,4-7,15-16H2,1-3H3. The van der Waals surface area contributed by atoms with Crippen LogP contribution in [0.1, 0.15) is 56.2 Å². The molecule has 0 bridgehead atoms. The molecule has 4 heteroatoms. The highest BCUT2D eigenvalue weighted by Gasteiger charge is 2.46. The van der Waals surface area contributed by atoms with Gasteiger partial charge in [0.2, 0.25) is 0 Å². The monoisotopic (exact) mass is 728 g/mol. The first-order valence-electron chi connectivity index (χ1n) is 20.2. The minimum absolute atomic E-state index is 0.0204. The van der Waals surface area contributed by atoms with Crippen molar-refractivity contribution in [3.05, 3.63) is 162 Å². The molecule has 10 rings (SSSR count). The van der Waals surface area contributed by atoms with Gasteiger partial charge >= 0.3 is 6.85 Å². The zero-order chi connectivity index (χ0) is 37.0. The molecule has 268 valence electrons. The Balaban J connectivity index is 1.32. The molecule has 0 fully saturated rings. The van der Waals surface area contributed by atoms with Crippen LogP contribution in [0.3, 0.4) is 0 Å². The molecule has 3 heterocycles. The third-order valence-corrected chi connectivity index (χ3v) is 13.1. The van der Waals surface area contributed by atoms with E-state index >= 15 is 0 Å². The molecule has 7 aromatic carbocycles. The Morgan fingerprint density at radius 1 is 0.527 bits per heavy atom. The Morgan fingerprint density at radius 3 is 2.05 bits per heavy atom. The fraction of sp³-hybridized carbons (Fsp3) is 0.176. The second kappa shape index (κ2) is 13.9. The molecular weight excluding hydrogens is 683 g/mol. The first-order valence-corrected chi connectivity index (χ1v) is 21.0. The second-order valence-electron chi connectivity index (χ2n) is 15.4. The number of benzene rings is 7. The lowest BCUT2D eigenvalue weighted by Crippen LogP contribution is -2.61.